The van der Waals surface area contributed by atoms with Crippen LogP contribution in [0.1, 0.15) is 16.2 Å². The van der Waals surface area contributed by atoms with E-state index in [9.17, 15) is 9.18 Å². The fourth-order valence-corrected chi connectivity index (χ4v) is 2.71. The Hall–Kier alpha value is -2.74. The highest BCUT2D eigenvalue weighted by atomic mass is 79.9. The first-order valence-corrected chi connectivity index (χ1v) is 8.15. The number of hydrogen-bond acceptors (Lipinski definition) is 4. The van der Waals surface area contributed by atoms with Gasteiger partial charge in [0.05, 0.1) is 19.2 Å². The number of nitrogens with one attached hydrogen (secondary N) is 2. The number of rotatable bonds is 5. The molecule has 128 valence electrons. The van der Waals surface area contributed by atoms with Crippen LogP contribution >= 0.6 is 15.9 Å². The van der Waals surface area contributed by atoms with Gasteiger partial charge in [0, 0.05) is 10.0 Å². The summed E-state index contributed by atoms with van der Waals surface area (Å²) >= 11 is 3.17. The van der Waals surface area contributed by atoms with Crippen LogP contribution in [-0.4, -0.2) is 28.2 Å². The van der Waals surface area contributed by atoms with Crippen LogP contribution < -0.4 is 10.1 Å². The molecule has 0 saturated heterocycles. The van der Waals surface area contributed by atoms with E-state index in [1.165, 1.54) is 18.2 Å². The smallest absolute Gasteiger partial charge is 0.252 e. The SMILES string of the molecule is COc1ccc(-c2n[nH]c(CNC(=O)c3ccc(F)cc3Br)n2)cc1. The van der Waals surface area contributed by atoms with E-state index in [0.29, 0.717) is 21.7 Å². The molecule has 0 aliphatic heterocycles. The molecular formula is C17H14BrFN4O2. The van der Waals surface area contributed by atoms with E-state index in [2.05, 4.69) is 36.4 Å². The van der Waals surface area contributed by atoms with Gasteiger partial charge in [0.15, 0.2) is 5.82 Å². The minimum Gasteiger partial charge on any atom is -0.497 e. The molecule has 0 bridgehead atoms. The highest BCUT2D eigenvalue weighted by Crippen LogP contribution is 2.19. The topological polar surface area (TPSA) is 79.9 Å². The summed E-state index contributed by atoms with van der Waals surface area (Å²) in [7, 11) is 1.60. The molecule has 25 heavy (non-hydrogen) atoms. The van der Waals surface area contributed by atoms with E-state index >= 15 is 0 Å². The van der Waals surface area contributed by atoms with Crippen molar-refractivity contribution in [1.82, 2.24) is 20.5 Å². The van der Waals surface area contributed by atoms with Crippen molar-refractivity contribution in [2.75, 3.05) is 7.11 Å². The number of benzene rings is 2. The number of amides is 1. The first-order valence-electron chi connectivity index (χ1n) is 7.36. The zero-order valence-electron chi connectivity index (χ0n) is 13.2. The molecule has 3 aromatic rings. The first-order chi connectivity index (χ1) is 12.1. The van der Waals surface area contributed by atoms with Gasteiger partial charge in [0.25, 0.3) is 5.91 Å². The fraction of sp³-hybridized carbons (Fsp3) is 0.118. The van der Waals surface area contributed by atoms with Crippen LogP contribution in [0.3, 0.4) is 0 Å². The third kappa shape index (κ3) is 4.03. The monoisotopic (exact) mass is 404 g/mol. The Morgan fingerprint density at radius 3 is 2.72 bits per heavy atom. The number of aromatic nitrogens is 3. The zero-order chi connectivity index (χ0) is 17.8. The lowest BCUT2D eigenvalue weighted by atomic mass is 10.2. The van der Waals surface area contributed by atoms with Crippen LogP contribution in [0.25, 0.3) is 11.4 Å². The lowest BCUT2D eigenvalue weighted by molar-refractivity contribution is 0.0949. The van der Waals surface area contributed by atoms with Crippen molar-refractivity contribution < 1.29 is 13.9 Å². The lowest BCUT2D eigenvalue weighted by Crippen LogP contribution is -2.23. The Morgan fingerprint density at radius 1 is 1.28 bits per heavy atom. The van der Waals surface area contributed by atoms with Crippen molar-refractivity contribution in [3.05, 3.63) is 64.1 Å². The summed E-state index contributed by atoms with van der Waals surface area (Å²) < 4.78 is 18.6. The summed E-state index contributed by atoms with van der Waals surface area (Å²) in [5, 5.41) is 9.63. The number of aromatic amines is 1. The van der Waals surface area contributed by atoms with E-state index in [1.54, 1.807) is 7.11 Å². The number of carbonyl (C=O) groups excluding carboxylic acids is 1. The second kappa shape index (κ2) is 7.43. The van der Waals surface area contributed by atoms with Crippen molar-refractivity contribution >= 4 is 21.8 Å². The molecule has 0 unspecified atom stereocenters. The van der Waals surface area contributed by atoms with Crippen LogP contribution in [0.2, 0.25) is 0 Å². The van der Waals surface area contributed by atoms with Gasteiger partial charge in [-0.3, -0.25) is 9.89 Å². The molecular weight excluding hydrogens is 391 g/mol. The Labute approximate surface area is 151 Å². The number of carbonyl (C=O) groups is 1. The van der Waals surface area contributed by atoms with E-state index in [4.69, 9.17) is 4.74 Å². The van der Waals surface area contributed by atoms with Gasteiger partial charge in [0.2, 0.25) is 0 Å². The van der Waals surface area contributed by atoms with E-state index < -0.39 is 5.82 Å². The number of hydrogen-bond donors (Lipinski definition) is 2. The molecule has 8 heteroatoms. The minimum atomic E-state index is -0.414. The van der Waals surface area contributed by atoms with Crippen LogP contribution in [0.15, 0.2) is 46.9 Å². The maximum Gasteiger partial charge on any atom is 0.252 e. The molecule has 0 saturated carbocycles. The highest BCUT2D eigenvalue weighted by Gasteiger charge is 2.12. The molecule has 0 atom stereocenters. The standard InChI is InChI=1S/C17H14BrFN4O2/c1-25-12-5-2-10(3-6-12)16-21-15(22-23-16)9-20-17(24)13-7-4-11(19)8-14(13)18/h2-8H,9H2,1H3,(H,20,24)(H,21,22,23). The van der Waals surface area contributed by atoms with E-state index in [0.717, 1.165) is 11.3 Å². The summed E-state index contributed by atoms with van der Waals surface area (Å²) in [6, 6.07) is 11.2. The normalized spacial score (nSPS) is 10.5. The first kappa shape index (κ1) is 17.1. The lowest BCUT2D eigenvalue weighted by Gasteiger charge is -2.05. The molecule has 0 aliphatic rings. The van der Waals surface area contributed by atoms with Gasteiger partial charge < -0.3 is 10.1 Å². The van der Waals surface area contributed by atoms with Gasteiger partial charge >= 0.3 is 0 Å². The molecule has 1 amide bonds. The number of halogens is 2. The van der Waals surface area contributed by atoms with Gasteiger partial charge in [-0.2, -0.15) is 5.10 Å². The molecule has 0 fully saturated rings. The Kier molecular flexibility index (Phi) is 5.08. The van der Waals surface area contributed by atoms with Crippen molar-refractivity contribution in [3.8, 4) is 17.1 Å². The minimum absolute atomic E-state index is 0.172. The highest BCUT2D eigenvalue weighted by molar-refractivity contribution is 9.10. The third-order valence-corrected chi connectivity index (χ3v) is 4.13. The Morgan fingerprint density at radius 2 is 2.04 bits per heavy atom. The molecule has 0 radical (unpaired) electrons. The number of H-pyrrole nitrogens is 1. The van der Waals surface area contributed by atoms with Gasteiger partial charge in [-0.1, -0.05) is 0 Å². The molecule has 2 aromatic carbocycles. The summed E-state index contributed by atoms with van der Waals surface area (Å²) in [6.07, 6.45) is 0. The second-order valence-corrected chi connectivity index (χ2v) is 6.00. The van der Waals surface area contributed by atoms with Crippen LogP contribution in [0, 0.1) is 5.82 Å². The zero-order valence-corrected chi connectivity index (χ0v) is 14.8. The summed E-state index contributed by atoms with van der Waals surface area (Å²) in [6.45, 7) is 0.172. The summed E-state index contributed by atoms with van der Waals surface area (Å²) in [4.78, 5) is 16.5. The Bertz CT molecular complexity index is 896. The summed E-state index contributed by atoms with van der Waals surface area (Å²) in [5.74, 6) is 1.03. The maximum atomic E-state index is 13.1. The molecule has 1 heterocycles. The largest absolute Gasteiger partial charge is 0.497 e. The molecule has 0 aliphatic carbocycles. The van der Waals surface area contributed by atoms with Crippen LogP contribution in [-0.2, 0) is 6.54 Å². The van der Waals surface area contributed by atoms with Crippen molar-refractivity contribution in [3.63, 3.8) is 0 Å². The van der Waals surface area contributed by atoms with Crippen LogP contribution in [0.4, 0.5) is 4.39 Å². The van der Waals surface area contributed by atoms with Gasteiger partial charge in [-0.25, -0.2) is 9.37 Å². The van der Waals surface area contributed by atoms with Crippen molar-refractivity contribution in [2.45, 2.75) is 6.54 Å². The van der Waals surface area contributed by atoms with Gasteiger partial charge in [0.1, 0.15) is 17.4 Å². The van der Waals surface area contributed by atoms with Gasteiger partial charge in [-0.15, -0.1) is 0 Å². The molecule has 3 rings (SSSR count). The van der Waals surface area contributed by atoms with Crippen LogP contribution in [0.5, 0.6) is 5.75 Å². The molecule has 6 nitrogen and oxygen atoms in total. The molecule has 1 aromatic heterocycles. The van der Waals surface area contributed by atoms with Crippen molar-refractivity contribution in [1.29, 1.82) is 0 Å². The number of nitrogens with zero attached hydrogens (tertiary/aromatic N) is 2. The van der Waals surface area contributed by atoms with E-state index in [1.807, 2.05) is 24.3 Å². The quantitative estimate of drug-likeness (QED) is 0.683. The maximum absolute atomic E-state index is 13.1. The van der Waals surface area contributed by atoms with E-state index in [-0.39, 0.29) is 12.5 Å². The second-order valence-electron chi connectivity index (χ2n) is 5.14. The molecule has 0 spiro atoms. The predicted molar refractivity (Wildman–Crippen MR) is 93.6 cm³/mol. The number of methoxy groups -OCH3 is 1. The average Bonchev–Trinajstić information content (AvgIpc) is 3.09. The average molecular weight is 405 g/mol. The Balaban J connectivity index is 1.66. The number of ether oxygens (including phenoxy) is 1. The fourth-order valence-electron chi connectivity index (χ4n) is 2.18. The summed E-state index contributed by atoms with van der Waals surface area (Å²) in [5.41, 5.74) is 1.17. The predicted octanol–water partition coefficient (Wildman–Crippen LogP) is 3.31. The molecule has 2 N–H and O–H groups in total. The van der Waals surface area contributed by atoms with Crippen molar-refractivity contribution in [2.24, 2.45) is 0 Å². The third-order valence-electron chi connectivity index (χ3n) is 3.47. The van der Waals surface area contributed by atoms with Gasteiger partial charge in [-0.05, 0) is 58.4 Å².